The summed E-state index contributed by atoms with van der Waals surface area (Å²) in [5, 5.41) is 7.70. The highest BCUT2D eigenvalue weighted by atomic mass is 32.1. The molecule has 0 spiro atoms. The molecule has 0 saturated heterocycles. The molecule has 0 aliphatic heterocycles. The average molecular weight is 388 g/mol. The third-order valence-electron chi connectivity index (χ3n) is 4.63. The van der Waals surface area contributed by atoms with Gasteiger partial charge in [0, 0.05) is 23.7 Å². The van der Waals surface area contributed by atoms with Gasteiger partial charge in [-0.25, -0.2) is 15.0 Å². The standard InChI is InChI=1S/C20H29N5OS/c1-4-21-20(24-13-19-25-14(2)15(3)27-19)23-12-16-9-10-18(22-11-16)26-17-7-5-6-8-17/h9-11,17H,4-8,12-13H2,1-3H3,(H2,21,23,24). The van der Waals surface area contributed by atoms with Crippen LogP contribution in [-0.4, -0.2) is 28.6 Å². The lowest BCUT2D eigenvalue weighted by Crippen LogP contribution is -2.36. The van der Waals surface area contributed by atoms with Crippen LogP contribution in [0.4, 0.5) is 0 Å². The Bertz CT molecular complexity index is 731. The molecule has 1 aliphatic rings. The molecule has 3 rings (SSSR count). The van der Waals surface area contributed by atoms with Crippen molar-refractivity contribution in [2.24, 2.45) is 4.99 Å². The molecular weight excluding hydrogens is 358 g/mol. The van der Waals surface area contributed by atoms with Crippen molar-refractivity contribution < 1.29 is 4.74 Å². The fourth-order valence-corrected chi connectivity index (χ4v) is 3.91. The molecule has 1 aliphatic carbocycles. The second kappa shape index (κ2) is 9.69. The summed E-state index contributed by atoms with van der Waals surface area (Å²) >= 11 is 1.72. The number of rotatable bonds is 7. The predicted octanol–water partition coefficient (Wildman–Crippen LogP) is 3.73. The molecule has 7 heteroatoms. The summed E-state index contributed by atoms with van der Waals surface area (Å²) in [5.41, 5.74) is 2.16. The number of hydrogen-bond acceptors (Lipinski definition) is 5. The Kier molecular flexibility index (Phi) is 7.04. The highest BCUT2D eigenvalue weighted by Gasteiger charge is 2.16. The van der Waals surface area contributed by atoms with E-state index in [4.69, 9.17) is 4.74 Å². The van der Waals surface area contributed by atoms with Crippen molar-refractivity contribution in [1.29, 1.82) is 0 Å². The fourth-order valence-electron chi connectivity index (χ4n) is 3.04. The average Bonchev–Trinajstić information content (AvgIpc) is 3.28. The zero-order valence-electron chi connectivity index (χ0n) is 16.4. The van der Waals surface area contributed by atoms with Crippen molar-refractivity contribution in [3.8, 4) is 5.88 Å². The fraction of sp³-hybridized carbons (Fsp3) is 0.550. The normalized spacial score (nSPS) is 15.1. The van der Waals surface area contributed by atoms with E-state index in [0.29, 0.717) is 25.1 Å². The Balaban J connectivity index is 1.53. The first-order valence-electron chi connectivity index (χ1n) is 9.70. The Morgan fingerprint density at radius 1 is 1.26 bits per heavy atom. The number of guanidine groups is 1. The number of nitrogens with one attached hydrogen (secondary N) is 2. The molecule has 6 nitrogen and oxygen atoms in total. The van der Waals surface area contributed by atoms with Gasteiger partial charge in [0.15, 0.2) is 5.96 Å². The summed E-state index contributed by atoms with van der Waals surface area (Å²) in [6.07, 6.45) is 7.00. The number of aromatic nitrogens is 2. The van der Waals surface area contributed by atoms with E-state index in [1.165, 1.54) is 17.7 Å². The van der Waals surface area contributed by atoms with Crippen LogP contribution in [0, 0.1) is 13.8 Å². The molecule has 27 heavy (non-hydrogen) atoms. The molecule has 2 aromatic heterocycles. The topological polar surface area (TPSA) is 71.4 Å². The van der Waals surface area contributed by atoms with Crippen LogP contribution in [0.1, 0.15) is 53.7 Å². The third kappa shape index (κ3) is 5.92. The van der Waals surface area contributed by atoms with E-state index < -0.39 is 0 Å². The quantitative estimate of drug-likeness (QED) is 0.559. The first kappa shape index (κ1) is 19.6. The van der Waals surface area contributed by atoms with Crippen molar-refractivity contribution in [2.75, 3.05) is 6.54 Å². The largest absolute Gasteiger partial charge is 0.474 e. The molecule has 0 radical (unpaired) electrons. The molecule has 0 unspecified atom stereocenters. The van der Waals surface area contributed by atoms with Gasteiger partial charge in [0.25, 0.3) is 0 Å². The highest BCUT2D eigenvalue weighted by molar-refractivity contribution is 7.11. The number of hydrogen-bond donors (Lipinski definition) is 2. The number of aliphatic imine (C=N–C) groups is 1. The van der Waals surface area contributed by atoms with Crippen molar-refractivity contribution in [1.82, 2.24) is 20.6 Å². The number of pyridine rings is 1. The van der Waals surface area contributed by atoms with E-state index in [9.17, 15) is 0 Å². The van der Waals surface area contributed by atoms with Gasteiger partial charge in [-0.05, 0) is 52.0 Å². The summed E-state index contributed by atoms with van der Waals surface area (Å²) in [6.45, 7) is 8.27. The zero-order valence-corrected chi connectivity index (χ0v) is 17.2. The molecular formula is C20H29N5OS. The van der Waals surface area contributed by atoms with Gasteiger partial charge in [-0.15, -0.1) is 11.3 Å². The molecule has 2 heterocycles. The molecule has 1 saturated carbocycles. The maximum Gasteiger partial charge on any atom is 0.213 e. The van der Waals surface area contributed by atoms with E-state index in [0.717, 1.165) is 41.6 Å². The zero-order chi connectivity index (χ0) is 19.1. The van der Waals surface area contributed by atoms with Gasteiger partial charge in [0.1, 0.15) is 11.1 Å². The van der Waals surface area contributed by atoms with Gasteiger partial charge in [0.2, 0.25) is 5.88 Å². The van der Waals surface area contributed by atoms with Gasteiger partial charge >= 0.3 is 0 Å². The first-order valence-corrected chi connectivity index (χ1v) is 10.5. The summed E-state index contributed by atoms with van der Waals surface area (Å²) in [5.74, 6) is 1.50. The maximum atomic E-state index is 5.92. The van der Waals surface area contributed by atoms with E-state index >= 15 is 0 Å². The molecule has 0 aromatic carbocycles. The lowest BCUT2D eigenvalue weighted by atomic mass is 10.3. The van der Waals surface area contributed by atoms with E-state index in [2.05, 4.69) is 39.4 Å². The van der Waals surface area contributed by atoms with Crippen LogP contribution in [0.2, 0.25) is 0 Å². The lowest BCUT2D eigenvalue weighted by molar-refractivity contribution is 0.201. The Labute approximate surface area is 165 Å². The van der Waals surface area contributed by atoms with E-state index in [1.54, 1.807) is 11.3 Å². The monoisotopic (exact) mass is 387 g/mol. The molecule has 2 N–H and O–H groups in total. The third-order valence-corrected chi connectivity index (χ3v) is 5.70. The molecule has 0 amide bonds. The van der Waals surface area contributed by atoms with E-state index in [1.807, 2.05) is 25.3 Å². The number of aryl methyl sites for hydroxylation is 2. The lowest BCUT2D eigenvalue weighted by Gasteiger charge is -2.12. The second-order valence-corrected chi connectivity index (χ2v) is 8.11. The Hall–Kier alpha value is -2.15. The van der Waals surface area contributed by atoms with Crippen LogP contribution < -0.4 is 15.4 Å². The van der Waals surface area contributed by atoms with Crippen molar-refractivity contribution in [3.05, 3.63) is 39.5 Å². The van der Waals surface area contributed by atoms with Gasteiger partial charge in [-0.3, -0.25) is 0 Å². The summed E-state index contributed by atoms with van der Waals surface area (Å²) in [6, 6.07) is 3.99. The van der Waals surface area contributed by atoms with Crippen LogP contribution >= 0.6 is 11.3 Å². The molecule has 2 aromatic rings. The molecule has 0 bridgehead atoms. The second-order valence-electron chi connectivity index (χ2n) is 6.83. The van der Waals surface area contributed by atoms with Crippen LogP contribution in [0.15, 0.2) is 23.3 Å². The predicted molar refractivity (Wildman–Crippen MR) is 110 cm³/mol. The minimum absolute atomic E-state index is 0.337. The van der Waals surface area contributed by atoms with Gasteiger partial charge in [-0.2, -0.15) is 0 Å². The molecule has 146 valence electrons. The first-order chi connectivity index (χ1) is 13.1. The number of thiazole rings is 1. The number of nitrogens with zero attached hydrogens (tertiary/aromatic N) is 3. The Morgan fingerprint density at radius 2 is 2.07 bits per heavy atom. The molecule has 1 fully saturated rings. The number of ether oxygens (including phenoxy) is 1. The minimum atomic E-state index is 0.337. The van der Waals surface area contributed by atoms with Crippen molar-refractivity contribution >= 4 is 17.3 Å². The SMILES string of the molecule is CCNC(=NCc1ccc(OC2CCCC2)nc1)NCc1nc(C)c(C)s1. The summed E-state index contributed by atoms with van der Waals surface area (Å²) in [4.78, 5) is 14.9. The van der Waals surface area contributed by atoms with Crippen LogP contribution in [0.25, 0.3) is 0 Å². The van der Waals surface area contributed by atoms with E-state index in [-0.39, 0.29) is 0 Å². The summed E-state index contributed by atoms with van der Waals surface area (Å²) < 4.78 is 5.92. The minimum Gasteiger partial charge on any atom is -0.474 e. The highest BCUT2D eigenvalue weighted by Crippen LogP contribution is 2.23. The van der Waals surface area contributed by atoms with Crippen LogP contribution in [-0.2, 0) is 13.1 Å². The smallest absolute Gasteiger partial charge is 0.213 e. The molecule has 0 atom stereocenters. The summed E-state index contributed by atoms with van der Waals surface area (Å²) in [7, 11) is 0. The van der Waals surface area contributed by atoms with Crippen molar-refractivity contribution in [2.45, 2.75) is 65.6 Å². The van der Waals surface area contributed by atoms with Gasteiger partial charge < -0.3 is 15.4 Å². The van der Waals surface area contributed by atoms with Crippen LogP contribution in [0.3, 0.4) is 0 Å². The van der Waals surface area contributed by atoms with Crippen LogP contribution in [0.5, 0.6) is 5.88 Å². The van der Waals surface area contributed by atoms with Gasteiger partial charge in [-0.1, -0.05) is 6.07 Å². The van der Waals surface area contributed by atoms with Gasteiger partial charge in [0.05, 0.1) is 18.8 Å². The maximum absolute atomic E-state index is 5.92. The Morgan fingerprint density at radius 3 is 2.70 bits per heavy atom. The van der Waals surface area contributed by atoms with Crippen molar-refractivity contribution in [3.63, 3.8) is 0 Å².